The molecule has 0 aromatic carbocycles. The maximum absolute atomic E-state index is 12.3. The van der Waals surface area contributed by atoms with E-state index < -0.39 is 0 Å². The Balaban J connectivity index is 1.38. The molecule has 3 nitrogen and oxygen atoms in total. The normalized spacial score (nSPS) is 50.1. The summed E-state index contributed by atoms with van der Waals surface area (Å²) in [5.74, 6) is 2.06. The van der Waals surface area contributed by atoms with E-state index in [1.807, 2.05) is 0 Å². The Bertz CT molecular complexity index is 433. The minimum absolute atomic E-state index is 0.130. The number of rotatable bonds is 3. The van der Waals surface area contributed by atoms with Gasteiger partial charge in [0.15, 0.2) is 0 Å². The van der Waals surface area contributed by atoms with E-state index in [1.165, 1.54) is 19.3 Å². The molecule has 19 heavy (non-hydrogen) atoms. The Kier molecular flexibility index (Phi) is 2.42. The quantitative estimate of drug-likeness (QED) is 0.579. The van der Waals surface area contributed by atoms with Crippen molar-refractivity contribution < 1.29 is 14.3 Å². The summed E-state index contributed by atoms with van der Waals surface area (Å²) in [6.45, 7) is 7.87. The summed E-state index contributed by atoms with van der Waals surface area (Å²) >= 11 is 0. The van der Waals surface area contributed by atoms with Crippen LogP contribution in [-0.2, 0) is 14.3 Å². The SMILES string of the molecule is C=C(C(=O)OC1CC2CCC1(C)C2)C1C2COCC21. The number of hydrogen-bond donors (Lipinski definition) is 0. The molecule has 0 aromatic rings. The van der Waals surface area contributed by atoms with E-state index in [-0.39, 0.29) is 17.5 Å². The van der Waals surface area contributed by atoms with Crippen LogP contribution in [0.2, 0.25) is 0 Å². The summed E-state index contributed by atoms with van der Waals surface area (Å²) in [6, 6.07) is 0. The average molecular weight is 262 g/mol. The summed E-state index contributed by atoms with van der Waals surface area (Å²) < 4.78 is 11.2. The molecule has 1 aliphatic heterocycles. The summed E-state index contributed by atoms with van der Waals surface area (Å²) in [5, 5.41) is 0. The predicted octanol–water partition coefficient (Wildman–Crippen LogP) is 2.56. The van der Waals surface area contributed by atoms with Gasteiger partial charge in [-0.1, -0.05) is 13.5 Å². The first-order chi connectivity index (χ1) is 9.08. The first-order valence-electron chi connectivity index (χ1n) is 7.56. The maximum atomic E-state index is 12.3. The van der Waals surface area contributed by atoms with Gasteiger partial charge < -0.3 is 9.47 Å². The molecule has 1 saturated heterocycles. The third-order valence-corrected chi connectivity index (χ3v) is 6.07. The third-order valence-electron chi connectivity index (χ3n) is 6.07. The first kappa shape index (κ1) is 12.0. The van der Waals surface area contributed by atoms with Crippen molar-refractivity contribution >= 4 is 5.97 Å². The monoisotopic (exact) mass is 262 g/mol. The van der Waals surface area contributed by atoms with Gasteiger partial charge in [-0.3, -0.25) is 0 Å². The lowest BCUT2D eigenvalue weighted by Crippen LogP contribution is -2.32. The maximum Gasteiger partial charge on any atom is 0.333 e. The van der Waals surface area contributed by atoms with Crippen molar-refractivity contribution in [2.75, 3.05) is 13.2 Å². The Morgan fingerprint density at radius 3 is 2.68 bits per heavy atom. The van der Waals surface area contributed by atoms with Crippen LogP contribution in [0.5, 0.6) is 0 Å². The van der Waals surface area contributed by atoms with Crippen molar-refractivity contribution in [1.29, 1.82) is 0 Å². The molecule has 0 radical (unpaired) electrons. The van der Waals surface area contributed by atoms with Gasteiger partial charge in [0, 0.05) is 16.9 Å². The molecule has 3 heteroatoms. The van der Waals surface area contributed by atoms with Crippen LogP contribution in [0.1, 0.15) is 32.6 Å². The van der Waals surface area contributed by atoms with Crippen molar-refractivity contribution in [2.45, 2.75) is 38.7 Å². The molecule has 0 amide bonds. The molecule has 1 heterocycles. The van der Waals surface area contributed by atoms with E-state index in [9.17, 15) is 4.79 Å². The van der Waals surface area contributed by atoms with E-state index in [0.717, 1.165) is 25.6 Å². The van der Waals surface area contributed by atoms with Gasteiger partial charge in [-0.15, -0.1) is 0 Å². The molecule has 104 valence electrons. The Hall–Kier alpha value is -0.830. The number of fused-ring (bicyclic) bond motifs is 3. The molecule has 5 unspecified atom stereocenters. The van der Waals surface area contributed by atoms with E-state index in [1.54, 1.807) is 0 Å². The smallest absolute Gasteiger partial charge is 0.333 e. The van der Waals surface area contributed by atoms with Crippen LogP contribution in [0, 0.1) is 29.1 Å². The van der Waals surface area contributed by atoms with E-state index in [2.05, 4.69) is 13.5 Å². The molecule has 4 aliphatic rings. The lowest BCUT2D eigenvalue weighted by molar-refractivity contribution is -0.150. The Labute approximate surface area is 114 Å². The van der Waals surface area contributed by atoms with E-state index in [4.69, 9.17) is 9.47 Å². The molecular formula is C16H22O3. The Morgan fingerprint density at radius 2 is 2.11 bits per heavy atom. The second kappa shape index (κ2) is 3.85. The van der Waals surface area contributed by atoms with Crippen LogP contribution in [0.3, 0.4) is 0 Å². The zero-order chi connectivity index (χ0) is 13.2. The zero-order valence-corrected chi connectivity index (χ0v) is 11.6. The van der Waals surface area contributed by atoms with Gasteiger partial charge in [0.05, 0.1) is 13.2 Å². The van der Waals surface area contributed by atoms with Crippen LogP contribution >= 0.6 is 0 Å². The van der Waals surface area contributed by atoms with Crippen molar-refractivity contribution in [3.8, 4) is 0 Å². The molecule has 2 bridgehead atoms. The molecule has 4 rings (SSSR count). The summed E-state index contributed by atoms with van der Waals surface area (Å²) in [6.07, 6.45) is 4.96. The average Bonchev–Trinajstić information content (AvgIpc) is 2.77. The van der Waals surface area contributed by atoms with Crippen LogP contribution in [-0.4, -0.2) is 25.3 Å². The van der Waals surface area contributed by atoms with Crippen LogP contribution in [0.4, 0.5) is 0 Å². The zero-order valence-electron chi connectivity index (χ0n) is 11.6. The topological polar surface area (TPSA) is 35.5 Å². The molecule has 3 saturated carbocycles. The lowest BCUT2D eigenvalue weighted by Gasteiger charge is -2.31. The van der Waals surface area contributed by atoms with Crippen LogP contribution in [0.25, 0.3) is 0 Å². The number of hydrogen-bond acceptors (Lipinski definition) is 3. The van der Waals surface area contributed by atoms with Gasteiger partial charge in [0.1, 0.15) is 6.10 Å². The fourth-order valence-corrected chi connectivity index (χ4v) is 4.77. The fourth-order valence-electron chi connectivity index (χ4n) is 4.77. The number of carbonyl (C=O) groups excluding carboxylic acids is 1. The highest BCUT2D eigenvalue weighted by Gasteiger charge is 2.57. The van der Waals surface area contributed by atoms with Gasteiger partial charge in [-0.05, 0) is 43.4 Å². The second-order valence-corrected chi connectivity index (χ2v) is 7.31. The third kappa shape index (κ3) is 1.70. The van der Waals surface area contributed by atoms with Crippen LogP contribution in [0.15, 0.2) is 12.2 Å². The fraction of sp³-hybridized carbons (Fsp3) is 0.812. The molecular weight excluding hydrogens is 240 g/mol. The molecule has 0 aromatic heterocycles. The minimum Gasteiger partial charge on any atom is -0.458 e. The van der Waals surface area contributed by atoms with Gasteiger partial charge in [-0.25, -0.2) is 4.79 Å². The van der Waals surface area contributed by atoms with Crippen molar-refractivity contribution in [2.24, 2.45) is 29.1 Å². The predicted molar refractivity (Wildman–Crippen MR) is 70.4 cm³/mol. The van der Waals surface area contributed by atoms with Crippen LogP contribution < -0.4 is 0 Å². The number of ether oxygens (including phenoxy) is 2. The Morgan fingerprint density at radius 1 is 1.37 bits per heavy atom. The molecule has 5 atom stereocenters. The summed E-state index contributed by atoms with van der Waals surface area (Å²) in [7, 11) is 0. The van der Waals surface area contributed by atoms with Gasteiger partial charge in [0.25, 0.3) is 0 Å². The largest absolute Gasteiger partial charge is 0.458 e. The summed E-state index contributed by atoms with van der Waals surface area (Å²) in [4.78, 5) is 12.3. The number of esters is 1. The molecule has 4 fully saturated rings. The van der Waals surface area contributed by atoms with Crippen molar-refractivity contribution in [1.82, 2.24) is 0 Å². The van der Waals surface area contributed by atoms with Gasteiger partial charge in [-0.2, -0.15) is 0 Å². The first-order valence-corrected chi connectivity index (χ1v) is 7.56. The van der Waals surface area contributed by atoms with Crippen molar-refractivity contribution in [3.05, 3.63) is 12.2 Å². The highest BCUT2D eigenvalue weighted by atomic mass is 16.5. The minimum atomic E-state index is -0.141. The molecule has 0 N–H and O–H groups in total. The van der Waals surface area contributed by atoms with E-state index in [0.29, 0.717) is 23.3 Å². The number of carbonyl (C=O) groups is 1. The van der Waals surface area contributed by atoms with Gasteiger partial charge in [0.2, 0.25) is 0 Å². The van der Waals surface area contributed by atoms with E-state index >= 15 is 0 Å². The highest BCUT2D eigenvalue weighted by molar-refractivity contribution is 5.89. The molecule has 3 aliphatic carbocycles. The lowest BCUT2D eigenvalue weighted by atomic mass is 9.84. The standard InChI is InChI=1S/C16H22O3/c1-9(14-11-7-18-8-12(11)14)15(17)19-13-5-10-3-4-16(13,2)6-10/h10-14H,1,3-8H2,2H3. The van der Waals surface area contributed by atoms with Crippen molar-refractivity contribution in [3.63, 3.8) is 0 Å². The highest BCUT2D eigenvalue weighted by Crippen LogP contribution is 2.57. The molecule has 0 spiro atoms. The van der Waals surface area contributed by atoms with Gasteiger partial charge >= 0.3 is 5.97 Å². The second-order valence-electron chi connectivity index (χ2n) is 7.31. The summed E-state index contributed by atoms with van der Waals surface area (Å²) in [5.41, 5.74) is 0.938.